The van der Waals surface area contributed by atoms with E-state index < -0.39 is 10.0 Å². The van der Waals surface area contributed by atoms with Gasteiger partial charge in [-0.05, 0) is 32.6 Å². The van der Waals surface area contributed by atoms with Crippen molar-refractivity contribution >= 4 is 16.0 Å². The second-order valence-electron chi connectivity index (χ2n) is 5.61. The van der Waals surface area contributed by atoms with Crippen molar-refractivity contribution in [1.82, 2.24) is 15.4 Å². The molecule has 2 unspecified atom stereocenters. The van der Waals surface area contributed by atoms with Crippen LogP contribution in [0, 0.1) is 0 Å². The fourth-order valence-corrected chi connectivity index (χ4v) is 3.05. The van der Waals surface area contributed by atoms with Crippen LogP contribution in [0.5, 0.6) is 0 Å². The molecule has 8 heteroatoms. The Morgan fingerprint density at radius 1 is 1.41 bits per heavy atom. The van der Waals surface area contributed by atoms with Crippen molar-refractivity contribution in [2.24, 2.45) is 4.99 Å². The van der Waals surface area contributed by atoms with E-state index in [0.717, 1.165) is 32.3 Å². The SMILES string of the molecule is CCC(C)NC(=NC)NCCS(=O)(=O)NCC1CCCCO1. The summed E-state index contributed by atoms with van der Waals surface area (Å²) >= 11 is 0. The summed E-state index contributed by atoms with van der Waals surface area (Å²) in [6, 6.07) is 0.296. The van der Waals surface area contributed by atoms with Gasteiger partial charge in [0, 0.05) is 32.8 Å². The van der Waals surface area contributed by atoms with Crippen LogP contribution in [-0.4, -0.2) is 59.0 Å². The molecule has 0 amide bonds. The van der Waals surface area contributed by atoms with E-state index in [0.29, 0.717) is 25.1 Å². The maximum atomic E-state index is 12.0. The number of nitrogens with one attached hydrogen (secondary N) is 3. The van der Waals surface area contributed by atoms with Crippen molar-refractivity contribution in [3.8, 4) is 0 Å². The maximum Gasteiger partial charge on any atom is 0.213 e. The predicted molar refractivity (Wildman–Crippen MR) is 89.6 cm³/mol. The monoisotopic (exact) mass is 334 g/mol. The Morgan fingerprint density at radius 2 is 2.18 bits per heavy atom. The number of nitrogens with zero attached hydrogens (tertiary/aromatic N) is 1. The minimum absolute atomic E-state index is 0.0105. The molecule has 0 aliphatic carbocycles. The van der Waals surface area contributed by atoms with E-state index >= 15 is 0 Å². The van der Waals surface area contributed by atoms with Gasteiger partial charge in [0.1, 0.15) is 0 Å². The molecule has 7 nitrogen and oxygen atoms in total. The molecule has 1 heterocycles. The minimum atomic E-state index is -3.29. The van der Waals surface area contributed by atoms with Gasteiger partial charge in [0.25, 0.3) is 0 Å². The van der Waals surface area contributed by atoms with Crippen LogP contribution in [0.4, 0.5) is 0 Å². The van der Waals surface area contributed by atoms with Gasteiger partial charge in [-0.2, -0.15) is 0 Å². The number of ether oxygens (including phenoxy) is 1. The van der Waals surface area contributed by atoms with Gasteiger partial charge in [-0.3, -0.25) is 4.99 Å². The molecule has 0 aromatic heterocycles. The van der Waals surface area contributed by atoms with Gasteiger partial charge in [-0.25, -0.2) is 13.1 Å². The molecule has 1 saturated heterocycles. The third-order valence-corrected chi connectivity index (χ3v) is 5.04. The highest BCUT2D eigenvalue weighted by Gasteiger charge is 2.17. The first-order chi connectivity index (χ1) is 10.5. The molecule has 0 saturated carbocycles. The normalized spacial score (nSPS) is 21.4. The molecule has 2 atom stereocenters. The largest absolute Gasteiger partial charge is 0.377 e. The fourth-order valence-electron chi connectivity index (χ4n) is 2.09. The summed E-state index contributed by atoms with van der Waals surface area (Å²) < 4.78 is 32.0. The first-order valence-corrected chi connectivity index (χ1v) is 9.68. The summed E-state index contributed by atoms with van der Waals surface area (Å²) in [6.45, 7) is 5.53. The van der Waals surface area contributed by atoms with Crippen molar-refractivity contribution in [3.63, 3.8) is 0 Å². The van der Waals surface area contributed by atoms with Crippen LogP contribution in [0.15, 0.2) is 4.99 Å². The lowest BCUT2D eigenvalue weighted by atomic mass is 10.1. The summed E-state index contributed by atoms with van der Waals surface area (Å²) in [5.41, 5.74) is 0. The van der Waals surface area contributed by atoms with E-state index in [1.54, 1.807) is 7.05 Å². The maximum absolute atomic E-state index is 12.0. The van der Waals surface area contributed by atoms with E-state index in [-0.39, 0.29) is 11.9 Å². The average molecular weight is 334 g/mol. The molecule has 3 N–H and O–H groups in total. The molecule has 0 bridgehead atoms. The standard InChI is InChI=1S/C14H30N4O3S/c1-4-12(2)18-14(15-3)16-8-10-22(19,20)17-11-13-7-5-6-9-21-13/h12-13,17H,4-11H2,1-3H3,(H2,15,16,18). The minimum Gasteiger partial charge on any atom is -0.377 e. The summed E-state index contributed by atoms with van der Waals surface area (Å²) in [5.74, 6) is 0.640. The van der Waals surface area contributed by atoms with Crippen LogP contribution >= 0.6 is 0 Å². The second kappa shape index (κ2) is 10.0. The van der Waals surface area contributed by atoms with E-state index in [1.807, 2.05) is 0 Å². The van der Waals surface area contributed by atoms with Crippen molar-refractivity contribution in [2.75, 3.05) is 32.5 Å². The van der Waals surface area contributed by atoms with Crippen LogP contribution in [0.2, 0.25) is 0 Å². The highest BCUT2D eigenvalue weighted by Crippen LogP contribution is 2.11. The highest BCUT2D eigenvalue weighted by molar-refractivity contribution is 7.89. The Labute approximate surface area is 134 Å². The van der Waals surface area contributed by atoms with Crippen molar-refractivity contribution in [3.05, 3.63) is 0 Å². The van der Waals surface area contributed by atoms with Gasteiger partial charge in [0.05, 0.1) is 11.9 Å². The van der Waals surface area contributed by atoms with Gasteiger partial charge in [-0.1, -0.05) is 6.92 Å². The van der Waals surface area contributed by atoms with Gasteiger partial charge in [0.2, 0.25) is 10.0 Å². The van der Waals surface area contributed by atoms with Crippen LogP contribution in [0.25, 0.3) is 0 Å². The Balaban J connectivity index is 2.26. The summed E-state index contributed by atoms with van der Waals surface area (Å²) in [5, 5.41) is 6.21. The summed E-state index contributed by atoms with van der Waals surface area (Å²) in [6.07, 6.45) is 4.08. The Morgan fingerprint density at radius 3 is 2.77 bits per heavy atom. The lowest BCUT2D eigenvalue weighted by molar-refractivity contribution is 0.0200. The molecule has 0 aromatic carbocycles. The molecule has 1 fully saturated rings. The molecule has 0 spiro atoms. The van der Waals surface area contributed by atoms with E-state index in [4.69, 9.17) is 4.74 Å². The number of aliphatic imine (C=N–C) groups is 1. The molecule has 0 radical (unpaired) electrons. The molecule has 1 aliphatic rings. The van der Waals surface area contributed by atoms with Crippen molar-refractivity contribution in [1.29, 1.82) is 0 Å². The number of hydrogen-bond donors (Lipinski definition) is 3. The summed E-state index contributed by atoms with van der Waals surface area (Å²) in [7, 11) is -1.62. The molecule has 130 valence electrons. The van der Waals surface area contributed by atoms with Crippen molar-refractivity contribution < 1.29 is 13.2 Å². The van der Waals surface area contributed by atoms with Gasteiger partial charge in [0.15, 0.2) is 5.96 Å². The molecule has 1 rings (SSSR count). The average Bonchev–Trinajstić information content (AvgIpc) is 2.52. The van der Waals surface area contributed by atoms with E-state index in [1.165, 1.54) is 0 Å². The summed E-state index contributed by atoms with van der Waals surface area (Å²) in [4.78, 5) is 4.07. The topological polar surface area (TPSA) is 91.8 Å². The van der Waals surface area contributed by atoms with E-state index in [9.17, 15) is 8.42 Å². The third-order valence-electron chi connectivity index (χ3n) is 3.69. The Hall–Kier alpha value is -0.860. The first-order valence-electron chi connectivity index (χ1n) is 8.03. The second-order valence-corrected chi connectivity index (χ2v) is 7.53. The van der Waals surface area contributed by atoms with E-state index in [2.05, 4.69) is 34.2 Å². The highest BCUT2D eigenvalue weighted by atomic mass is 32.2. The van der Waals surface area contributed by atoms with Crippen LogP contribution in [0.1, 0.15) is 39.5 Å². The predicted octanol–water partition coefficient (Wildman–Crippen LogP) is 0.438. The zero-order valence-corrected chi connectivity index (χ0v) is 14.7. The third kappa shape index (κ3) is 7.95. The first kappa shape index (κ1) is 19.2. The Bertz CT molecular complexity index is 433. The smallest absolute Gasteiger partial charge is 0.213 e. The van der Waals surface area contributed by atoms with Gasteiger partial charge >= 0.3 is 0 Å². The van der Waals surface area contributed by atoms with Crippen LogP contribution < -0.4 is 15.4 Å². The fraction of sp³-hybridized carbons (Fsp3) is 0.929. The van der Waals surface area contributed by atoms with Crippen molar-refractivity contribution in [2.45, 2.75) is 51.7 Å². The quantitative estimate of drug-likeness (QED) is 0.442. The Kier molecular flexibility index (Phi) is 8.74. The van der Waals surface area contributed by atoms with Crippen LogP contribution in [-0.2, 0) is 14.8 Å². The molecule has 0 aromatic rings. The lowest BCUT2D eigenvalue weighted by Crippen LogP contribution is -2.45. The molecule has 1 aliphatic heterocycles. The lowest BCUT2D eigenvalue weighted by Gasteiger charge is -2.22. The van der Waals surface area contributed by atoms with Gasteiger partial charge in [-0.15, -0.1) is 0 Å². The molecular formula is C14H30N4O3S. The number of rotatable bonds is 8. The number of hydrogen-bond acceptors (Lipinski definition) is 4. The van der Waals surface area contributed by atoms with Crippen LogP contribution in [0.3, 0.4) is 0 Å². The zero-order chi connectivity index (χ0) is 16.4. The zero-order valence-electron chi connectivity index (χ0n) is 13.9. The number of guanidine groups is 1. The molecular weight excluding hydrogens is 304 g/mol. The number of sulfonamides is 1. The van der Waals surface area contributed by atoms with Gasteiger partial charge < -0.3 is 15.4 Å². The molecule has 22 heavy (non-hydrogen) atoms.